The fourth-order valence-electron chi connectivity index (χ4n) is 5.28. The SMILES string of the molecule is Cc1c(-c2cc(C(N)=O)c3c(c2)-c2ccc(C(=O)N4CCOCC4)cc2C3)cnn1-c1ccccc1. The largest absolute Gasteiger partial charge is 0.378 e. The number of morpholine rings is 1. The third-order valence-corrected chi connectivity index (χ3v) is 7.14. The Morgan fingerprint density at radius 2 is 1.72 bits per heavy atom. The highest BCUT2D eigenvalue weighted by atomic mass is 16.5. The molecular formula is C29H26N4O3. The number of ether oxygens (including phenoxy) is 1. The molecule has 7 nitrogen and oxygen atoms in total. The minimum absolute atomic E-state index is 0.0109. The van der Waals surface area contributed by atoms with Gasteiger partial charge in [0.1, 0.15) is 0 Å². The van der Waals surface area contributed by atoms with Crippen LogP contribution in [0.2, 0.25) is 0 Å². The Labute approximate surface area is 209 Å². The van der Waals surface area contributed by atoms with E-state index in [9.17, 15) is 9.59 Å². The molecule has 36 heavy (non-hydrogen) atoms. The van der Waals surface area contributed by atoms with Crippen molar-refractivity contribution < 1.29 is 14.3 Å². The summed E-state index contributed by atoms with van der Waals surface area (Å²) in [6.45, 7) is 4.34. The highest BCUT2D eigenvalue weighted by molar-refractivity contribution is 6.01. The number of hydrogen-bond acceptors (Lipinski definition) is 4. The Morgan fingerprint density at radius 3 is 2.47 bits per heavy atom. The molecule has 1 aromatic heterocycles. The third kappa shape index (κ3) is 3.69. The summed E-state index contributed by atoms with van der Waals surface area (Å²) in [5.74, 6) is -0.449. The number of benzene rings is 3. The van der Waals surface area contributed by atoms with Gasteiger partial charge in [0.25, 0.3) is 5.91 Å². The minimum atomic E-state index is -0.460. The number of amides is 2. The van der Waals surface area contributed by atoms with E-state index in [2.05, 4.69) is 11.2 Å². The van der Waals surface area contributed by atoms with Gasteiger partial charge in [0, 0.05) is 35.5 Å². The van der Waals surface area contributed by atoms with Crippen LogP contribution >= 0.6 is 0 Å². The molecule has 3 aromatic carbocycles. The predicted molar refractivity (Wildman–Crippen MR) is 137 cm³/mol. The first-order valence-electron chi connectivity index (χ1n) is 12.1. The van der Waals surface area contributed by atoms with Gasteiger partial charge in [0.05, 0.1) is 25.1 Å². The van der Waals surface area contributed by atoms with Gasteiger partial charge in [-0.1, -0.05) is 24.3 Å². The van der Waals surface area contributed by atoms with Crippen LogP contribution in [0, 0.1) is 6.92 Å². The first-order valence-corrected chi connectivity index (χ1v) is 12.1. The van der Waals surface area contributed by atoms with Gasteiger partial charge in [-0.2, -0.15) is 5.10 Å². The normalized spacial score (nSPS) is 14.4. The molecule has 1 aliphatic heterocycles. The summed E-state index contributed by atoms with van der Waals surface area (Å²) < 4.78 is 7.27. The number of rotatable bonds is 4. The molecule has 2 amide bonds. The lowest BCUT2D eigenvalue weighted by Crippen LogP contribution is -2.40. The zero-order valence-corrected chi connectivity index (χ0v) is 20.0. The van der Waals surface area contributed by atoms with E-state index in [0.717, 1.165) is 44.8 Å². The van der Waals surface area contributed by atoms with Crippen molar-refractivity contribution in [2.75, 3.05) is 26.3 Å². The zero-order chi connectivity index (χ0) is 24.8. The summed E-state index contributed by atoms with van der Waals surface area (Å²) in [6, 6.07) is 19.7. The number of primary amides is 1. The summed E-state index contributed by atoms with van der Waals surface area (Å²) in [6.07, 6.45) is 2.39. The van der Waals surface area contributed by atoms with E-state index in [1.54, 1.807) is 0 Å². The van der Waals surface area contributed by atoms with Gasteiger partial charge < -0.3 is 15.4 Å². The first kappa shape index (κ1) is 22.2. The molecule has 0 spiro atoms. The van der Waals surface area contributed by atoms with Crippen LogP contribution in [0.25, 0.3) is 27.9 Å². The molecule has 2 N–H and O–H groups in total. The van der Waals surface area contributed by atoms with Crippen LogP contribution < -0.4 is 5.73 Å². The molecule has 6 rings (SSSR count). The zero-order valence-electron chi connectivity index (χ0n) is 20.0. The van der Waals surface area contributed by atoms with Crippen LogP contribution in [0.15, 0.2) is 66.9 Å². The number of nitrogens with zero attached hydrogens (tertiary/aromatic N) is 3. The van der Waals surface area contributed by atoms with Crippen LogP contribution in [-0.4, -0.2) is 52.8 Å². The summed E-state index contributed by atoms with van der Waals surface area (Å²) in [5, 5.41) is 4.60. The highest BCUT2D eigenvalue weighted by Gasteiger charge is 2.27. The molecule has 0 atom stereocenters. The third-order valence-electron chi connectivity index (χ3n) is 7.14. The molecule has 1 aliphatic carbocycles. The number of carbonyl (C=O) groups is 2. The van der Waals surface area contributed by atoms with Crippen molar-refractivity contribution in [2.24, 2.45) is 5.73 Å². The standard InChI is InChI=1S/C29H26N4O3/c1-18-27(17-31-33(18)22-5-3-2-4-6-22)21-15-24-23-8-7-19(29(35)32-9-11-36-12-10-32)13-20(23)14-25(24)26(16-21)28(30)34/h2-8,13,15-17H,9-12,14H2,1H3,(H2,30,34). The molecule has 4 aromatic rings. The van der Waals surface area contributed by atoms with Gasteiger partial charge in [0.2, 0.25) is 5.91 Å². The number of hydrogen-bond donors (Lipinski definition) is 1. The number of para-hydroxylation sites is 1. The fourth-order valence-corrected chi connectivity index (χ4v) is 5.28. The van der Waals surface area contributed by atoms with Crippen LogP contribution in [0.4, 0.5) is 0 Å². The van der Waals surface area contributed by atoms with Crippen LogP contribution in [0.5, 0.6) is 0 Å². The second-order valence-electron chi connectivity index (χ2n) is 9.26. The van der Waals surface area contributed by atoms with Crippen molar-refractivity contribution in [2.45, 2.75) is 13.3 Å². The summed E-state index contributed by atoms with van der Waals surface area (Å²) in [7, 11) is 0. The average Bonchev–Trinajstić information content (AvgIpc) is 3.48. The van der Waals surface area contributed by atoms with Gasteiger partial charge in [0.15, 0.2) is 0 Å². The molecule has 2 aliphatic rings. The minimum Gasteiger partial charge on any atom is -0.378 e. The topological polar surface area (TPSA) is 90.5 Å². The Balaban J connectivity index is 1.41. The predicted octanol–water partition coefficient (Wildman–Crippen LogP) is 3.99. The van der Waals surface area contributed by atoms with Crippen LogP contribution in [-0.2, 0) is 11.2 Å². The lowest BCUT2D eigenvalue weighted by atomic mass is 9.94. The molecular weight excluding hydrogens is 452 g/mol. The Hall–Kier alpha value is -4.23. The van der Waals surface area contributed by atoms with E-state index in [1.807, 2.05) is 77.3 Å². The van der Waals surface area contributed by atoms with E-state index in [1.165, 1.54) is 0 Å². The van der Waals surface area contributed by atoms with Gasteiger partial charge in [-0.15, -0.1) is 0 Å². The quantitative estimate of drug-likeness (QED) is 0.423. The Morgan fingerprint density at radius 1 is 0.944 bits per heavy atom. The van der Waals surface area contributed by atoms with E-state index in [-0.39, 0.29) is 5.91 Å². The molecule has 0 bridgehead atoms. The van der Waals surface area contributed by atoms with Crippen molar-refractivity contribution in [1.29, 1.82) is 0 Å². The van der Waals surface area contributed by atoms with Crippen molar-refractivity contribution in [1.82, 2.24) is 14.7 Å². The van der Waals surface area contributed by atoms with Crippen molar-refractivity contribution >= 4 is 11.8 Å². The lowest BCUT2D eigenvalue weighted by Gasteiger charge is -2.27. The summed E-state index contributed by atoms with van der Waals surface area (Å²) in [4.78, 5) is 27.4. The molecule has 7 heteroatoms. The first-order chi connectivity index (χ1) is 17.5. The lowest BCUT2D eigenvalue weighted by molar-refractivity contribution is 0.0303. The molecule has 1 saturated heterocycles. The second kappa shape index (κ2) is 8.77. The smallest absolute Gasteiger partial charge is 0.254 e. The van der Waals surface area contributed by atoms with E-state index in [0.29, 0.717) is 43.9 Å². The monoisotopic (exact) mass is 478 g/mol. The van der Waals surface area contributed by atoms with E-state index >= 15 is 0 Å². The van der Waals surface area contributed by atoms with Crippen molar-refractivity contribution in [3.05, 3.63) is 94.8 Å². The number of fused-ring (bicyclic) bond motifs is 3. The molecule has 0 unspecified atom stereocenters. The van der Waals surface area contributed by atoms with Crippen molar-refractivity contribution in [3.63, 3.8) is 0 Å². The summed E-state index contributed by atoms with van der Waals surface area (Å²) in [5.41, 5.74) is 14.7. The molecule has 180 valence electrons. The molecule has 1 fully saturated rings. The maximum Gasteiger partial charge on any atom is 0.254 e. The summed E-state index contributed by atoms with van der Waals surface area (Å²) >= 11 is 0. The van der Waals surface area contributed by atoms with Gasteiger partial charge in [-0.25, -0.2) is 4.68 Å². The second-order valence-corrected chi connectivity index (χ2v) is 9.26. The average molecular weight is 479 g/mol. The van der Waals surface area contributed by atoms with Gasteiger partial charge in [-0.3, -0.25) is 9.59 Å². The Kier molecular flexibility index (Phi) is 5.42. The maximum atomic E-state index is 13.0. The Bertz CT molecular complexity index is 1500. The highest BCUT2D eigenvalue weighted by Crippen LogP contribution is 2.42. The van der Waals surface area contributed by atoms with E-state index < -0.39 is 5.91 Å². The number of carbonyl (C=O) groups excluding carboxylic acids is 2. The van der Waals surface area contributed by atoms with Crippen LogP contribution in [0.3, 0.4) is 0 Å². The van der Waals surface area contributed by atoms with Crippen LogP contribution in [0.1, 0.15) is 37.5 Å². The molecule has 2 heterocycles. The molecule has 0 radical (unpaired) electrons. The maximum absolute atomic E-state index is 13.0. The fraction of sp³-hybridized carbons (Fsp3) is 0.207. The number of aromatic nitrogens is 2. The molecule has 0 saturated carbocycles. The van der Waals surface area contributed by atoms with Gasteiger partial charge in [-0.05, 0) is 77.6 Å². The van der Waals surface area contributed by atoms with Gasteiger partial charge >= 0.3 is 0 Å². The van der Waals surface area contributed by atoms with E-state index in [4.69, 9.17) is 10.5 Å². The van der Waals surface area contributed by atoms with Crippen molar-refractivity contribution in [3.8, 4) is 27.9 Å². The number of nitrogens with two attached hydrogens (primary N) is 1.